The number of fused-ring (bicyclic) bond motifs is 1. The summed E-state index contributed by atoms with van der Waals surface area (Å²) in [6.07, 6.45) is 7.09. The second-order valence-electron chi connectivity index (χ2n) is 14.4. The van der Waals surface area contributed by atoms with Crippen molar-refractivity contribution in [2.75, 3.05) is 13.1 Å². The molecule has 0 bridgehead atoms. The first kappa shape index (κ1) is 31.0. The summed E-state index contributed by atoms with van der Waals surface area (Å²) in [5.41, 5.74) is 0.902. The average Bonchev–Trinajstić information content (AvgIpc) is 3.36. The monoisotopic (exact) mass is 553 g/mol. The third-order valence-electron chi connectivity index (χ3n) is 9.62. The molecule has 2 N–H and O–H groups in total. The number of aryl methyl sites for hydroxylation is 1. The van der Waals surface area contributed by atoms with E-state index in [1.807, 2.05) is 20.8 Å². The molecule has 2 fully saturated rings. The van der Waals surface area contributed by atoms with Gasteiger partial charge in [0.25, 0.3) is 0 Å². The van der Waals surface area contributed by atoms with Crippen molar-refractivity contribution in [2.45, 2.75) is 135 Å². The molecule has 1 aromatic rings. The highest BCUT2D eigenvalue weighted by atomic mass is 16.7. The van der Waals surface area contributed by atoms with Gasteiger partial charge in [-0.3, -0.25) is 14.5 Å². The van der Waals surface area contributed by atoms with Crippen LogP contribution in [0, 0.1) is 5.92 Å². The van der Waals surface area contributed by atoms with Gasteiger partial charge in [-0.05, 0) is 117 Å². The Morgan fingerprint density at radius 1 is 0.975 bits per heavy atom. The lowest BCUT2D eigenvalue weighted by molar-refractivity contribution is -0.138. The summed E-state index contributed by atoms with van der Waals surface area (Å²) < 4.78 is 12.4. The number of piperidine rings is 1. The van der Waals surface area contributed by atoms with Gasteiger partial charge in [0.05, 0.1) is 11.2 Å². The molecule has 1 aromatic carbocycles. The molecule has 0 aromatic heterocycles. The lowest BCUT2D eigenvalue weighted by Gasteiger charge is -2.46. The molecule has 222 valence electrons. The minimum atomic E-state index is -0.936. The second-order valence-corrected chi connectivity index (χ2v) is 14.4. The van der Waals surface area contributed by atoms with Gasteiger partial charge in [-0.1, -0.05) is 37.1 Å². The number of hydrogen-bond acceptors (Lipinski definition) is 5. The van der Waals surface area contributed by atoms with Crippen LogP contribution in [0.15, 0.2) is 24.3 Å². The van der Waals surface area contributed by atoms with Crippen molar-refractivity contribution in [1.82, 2.24) is 15.5 Å². The first-order chi connectivity index (χ1) is 18.6. The summed E-state index contributed by atoms with van der Waals surface area (Å²) in [5.74, 6) is -0.138. The first-order valence-electron chi connectivity index (χ1n) is 15.4. The molecule has 3 aliphatic rings. The van der Waals surface area contributed by atoms with Crippen molar-refractivity contribution in [3.63, 3.8) is 0 Å². The molecule has 4 rings (SSSR count). The van der Waals surface area contributed by atoms with E-state index in [1.165, 1.54) is 18.1 Å². The number of unbranched alkanes of at least 4 members (excludes halogenated alkanes) is 1. The number of benzene rings is 1. The van der Waals surface area contributed by atoms with Gasteiger partial charge in [0, 0.05) is 18.5 Å². The predicted octanol–water partition coefficient (Wildman–Crippen LogP) is 5.44. The Morgan fingerprint density at radius 3 is 2.20 bits per heavy atom. The van der Waals surface area contributed by atoms with Crippen LogP contribution in [-0.4, -0.2) is 59.2 Å². The third kappa shape index (κ3) is 6.76. The van der Waals surface area contributed by atoms with Gasteiger partial charge in [0.1, 0.15) is 5.54 Å². The lowest BCUT2D eigenvalue weighted by Crippen LogP contribution is -2.66. The van der Waals surface area contributed by atoms with Crippen LogP contribution < -0.4 is 10.6 Å². The summed E-state index contributed by atoms with van der Waals surface area (Å²) in [5, 5.41) is 6.44. The lowest BCUT2D eigenvalue weighted by atomic mass is 9.72. The van der Waals surface area contributed by atoms with Gasteiger partial charge in [-0.25, -0.2) is 0 Å². The Bertz CT molecular complexity index is 1040. The van der Waals surface area contributed by atoms with Crippen LogP contribution in [0.4, 0.5) is 0 Å². The van der Waals surface area contributed by atoms with Crippen molar-refractivity contribution in [2.24, 2.45) is 5.92 Å². The van der Waals surface area contributed by atoms with Gasteiger partial charge >= 0.3 is 7.12 Å². The van der Waals surface area contributed by atoms with Crippen molar-refractivity contribution in [3.05, 3.63) is 35.4 Å². The standard InChI is InChI=1S/C32H52BN3O4/c1-23(37)34-32(28(38)35-29(2,3)4,19-11-12-20-33-39-30(5,6)31(7,8)40-33)25-17-21-36(22-18-25)27-16-15-24-13-9-10-14-26(24)27/h9-10,13-14,25,27H,11-12,15-22H2,1-8H3,(H,34,37)(H,35,38). The zero-order chi connectivity index (χ0) is 29.3. The maximum absolute atomic E-state index is 14.0. The molecule has 2 atom stereocenters. The molecule has 7 nitrogen and oxygen atoms in total. The molecular weight excluding hydrogens is 501 g/mol. The number of carbonyl (C=O) groups is 2. The predicted molar refractivity (Wildman–Crippen MR) is 161 cm³/mol. The van der Waals surface area contributed by atoms with Gasteiger partial charge in [0.2, 0.25) is 11.8 Å². The molecule has 2 unspecified atom stereocenters. The van der Waals surface area contributed by atoms with Crippen molar-refractivity contribution >= 4 is 18.9 Å². The van der Waals surface area contributed by atoms with Crippen LogP contribution in [0.3, 0.4) is 0 Å². The molecule has 2 saturated heterocycles. The van der Waals surface area contributed by atoms with Crippen molar-refractivity contribution in [1.29, 1.82) is 0 Å². The molecule has 40 heavy (non-hydrogen) atoms. The largest absolute Gasteiger partial charge is 0.457 e. The number of carbonyl (C=O) groups excluding carboxylic acids is 2. The highest BCUT2D eigenvalue weighted by Gasteiger charge is 2.51. The van der Waals surface area contributed by atoms with E-state index >= 15 is 0 Å². The van der Waals surface area contributed by atoms with Crippen molar-refractivity contribution < 1.29 is 18.9 Å². The van der Waals surface area contributed by atoms with Gasteiger partial charge in [-0.15, -0.1) is 0 Å². The number of nitrogens with zero attached hydrogens (tertiary/aromatic N) is 1. The van der Waals surface area contributed by atoms with E-state index in [0.29, 0.717) is 12.5 Å². The van der Waals surface area contributed by atoms with E-state index in [2.05, 4.69) is 67.5 Å². The molecule has 0 radical (unpaired) electrons. The third-order valence-corrected chi connectivity index (χ3v) is 9.62. The van der Waals surface area contributed by atoms with Crippen LogP contribution in [0.5, 0.6) is 0 Å². The first-order valence-corrected chi connectivity index (χ1v) is 15.4. The molecule has 2 amide bonds. The highest BCUT2D eigenvalue weighted by Crippen LogP contribution is 2.41. The van der Waals surface area contributed by atoms with Crippen LogP contribution >= 0.6 is 0 Å². The second kappa shape index (κ2) is 11.8. The SMILES string of the molecule is CC(=O)NC(CCCCB1OC(C)(C)C(C)(C)O1)(C(=O)NC(C)(C)C)C1CCN(C2CCc3ccccc32)CC1. The van der Waals surface area contributed by atoms with Gasteiger partial charge in [0.15, 0.2) is 0 Å². The van der Waals surface area contributed by atoms with E-state index in [4.69, 9.17) is 9.31 Å². The number of likely N-dealkylation sites (tertiary alicyclic amines) is 1. The van der Waals surface area contributed by atoms with Crippen LogP contribution in [-0.2, 0) is 25.3 Å². The maximum Gasteiger partial charge on any atom is 0.457 e. The number of nitrogens with one attached hydrogen (secondary N) is 2. The maximum atomic E-state index is 14.0. The summed E-state index contributed by atoms with van der Waals surface area (Å²) >= 11 is 0. The van der Waals surface area contributed by atoms with Crippen LogP contribution in [0.2, 0.25) is 6.32 Å². The van der Waals surface area contributed by atoms with Gasteiger partial charge in [-0.2, -0.15) is 0 Å². The minimum Gasteiger partial charge on any atom is -0.403 e. The average molecular weight is 554 g/mol. The summed E-state index contributed by atoms with van der Waals surface area (Å²) in [6.45, 7) is 17.7. The Labute approximate surface area is 242 Å². The molecule has 1 aliphatic carbocycles. The molecule has 2 aliphatic heterocycles. The normalized spacial score (nSPS) is 24.4. The van der Waals surface area contributed by atoms with Crippen LogP contribution in [0.25, 0.3) is 0 Å². The fourth-order valence-electron chi connectivity index (χ4n) is 6.91. The summed E-state index contributed by atoms with van der Waals surface area (Å²) in [7, 11) is -0.249. The zero-order valence-electron chi connectivity index (χ0n) is 26.2. The zero-order valence-corrected chi connectivity index (χ0v) is 26.2. The van der Waals surface area contributed by atoms with E-state index in [1.54, 1.807) is 0 Å². The molecule has 2 heterocycles. The van der Waals surface area contributed by atoms with Crippen LogP contribution in [0.1, 0.15) is 111 Å². The fourth-order valence-corrected chi connectivity index (χ4v) is 6.91. The summed E-state index contributed by atoms with van der Waals surface area (Å²) in [4.78, 5) is 29.3. The highest BCUT2D eigenvalue weighted by molar-refractivity contribution is 6.45. The Morgan fingerprint density at radius 2 is 1.60 bits per heavy atom. The smallest absolute Gasteiger partial charge is 0.403 e. The van der Waals surface area contributed by atoms with E-state index in [-0.39, 0.29) is 36.1 Å². The van der Waals surface area contributed by atoms with Gasteiger partial charge < -0.3 is 19.9 Å². The number of amides is 2. The topological polar surface area (TPSA) is 79.9 Å². The quantitative estimate of drug-likeness (QED) is 0.315. The Hall–Kier alpha value is -1.90. The molecule has 8 heteroatoms. The van der Waals surface area contributed by atoms with E-state index in [0.717, 1.165) is 57.9 Å². The van der Waals surface area contributed by atoms with E-state index < -0.39 is 11.1 Å². The number of hydrogen-bond donors (Lipinski definition) is 2. The van der Waals surface area contributed by atoms with Crippen molar-refractivity contribution in [3.8, 4) is 0 Å². The fraction of sp³-hybridized carbons (Fsp3) is 0.750. The number of rotatable bonds is 9. The Kier molecular flexibility index (Phi) is 9.14. The van der Waals surface area contributed by atoms with E-state index in [9.17, 15) is 9.59 Å². The summed E-state index contributed by atoms with van der Waals surface area (Å²) in [6, 6.07) is 9.26. The molecular formula is C32H52BN3O4. The molecule has 0 saturated carbocycles. The minimum absolute atomic E-state index is 0.0597. The Balaban J connectivity index is 1.46. The molecule has 0 spiro atoms.